The van der Waals surface area contributed by atoms with Crippen LogP contribution >= 0.6 is 11.6 Å². The molecule has 3 heterocycles. The first-order chi connectivity index (χ1) is 14.9. The summed E-state index contributed by atoms with van der Waals surface area (Å²) < 4.78 is 33.7. The van der Waals surface area contributed by atoms with Gasteiger partial charge in [0.1, 0.15) is 16.7 Å². The first-order valence-electron chi connectivity index (χ1n) is 10.3. The van der Waals surface area contributed by atoms with E-state index in [2.05, 4.69) is 10.4 Å². The number of rotatable bonds is 5. The number of carbonyl (C=O) groups excluding carboxylic acids is 1. The second kappa shape index (κ2) is 9.32. The van der Waals surface area contributed by atoms with Crippen molar-refractivity contribution < 1.29 is 18.3 Å². The van der Waals surface area contributed by atoms with Gasteiger partial charge in [-0.3, -0.25) is 9.59 Å². The summed E-state index contributed by atoms with van der Waals surface area (Å²) in [7, 11) is 0. The van der Waals surface area contributed by atoms with Gasteiger partial charge in [0.15, 0.2) is 0 Å². The van der Waals surface area contributed by atoms with Crippen LogP contribution in [0.25, 0.3) is 0 Å². The highest BCUT2D eigenvalue weighted by atomic mass is 35.5. The molecule has 4 rings (SSSR count). The Morgan fingerprint density at radius 2 is 1.97 bits per heavy atom. The molecule has 31 heavy (non-hydrogen) atoms. The molecular formula is C21H23ClF2N4O3. The van der Waals surface area contributed by atoms with Gasteiger partial charge in [0.25, 0.3) is 5.56 Å². The van der Waals surface area contributed by atoms with Crippen molar-refractivity contribution in [3.8, 4) is 0 Å². The third-order valence-corrected chi connectivity index (χ3v) is 6.05. The number of piperidine rings is 1. The Balaban J connectivity index is 1.44. The number of carbonyl (C=O) groups is 1. The van der Waals surface area contributed by atoms with Crippen molar-refractivity contribution in [1.82, 2.24) is 9.78 Å². The van der Waals surface area contributed by atoms with Crippen LogP contribution in [0.5, 0.6) is 0 Å². The van der Waals surface area contributed by atoms with Gasteiger partial charge >= 0.3 is 0 Å². The first-order valence-corrected chi connectivity index (χ1v) is 10.7. The molecule has 7 nitrogen and oxygen atoms in total. The van der Waals surface area contributed by atoms with E-state index in [1.807, 2.05) is 0 Å². The van der Waals surface area contributed by atoms with E-state index < -0.39 is 23.2 Å². The van der Waals surface area contributed by atoms with Crippen molar-refractivity contribution in [2.75, 3.05) is 36.5 Å². The van der Waals surface area contributed by atoms with Crippen LogP contribution < -0.4 is 15.8 Å². The second-order valence-electron chi connectivity index (χ2n) is 7.91. The van der Waals surface area contributed by atoms with Crippen LogP contribution in [-0.2, 0) is 9.53 Å². The molecule has 166 valence electrons. The fraction of sp³-hybridized carbons (Fsp3) is 0.476. The van der Waals surface area contributed by atoms with Crippen molar-refractivity contribution in [2.45, 2.75) is 31.7 Å². The van der Waals surface area contributed by atoms with Crippen molar-refractivity contribution in [3.05, 3.63) is 51.4 Å². The molecular weight excluding hydrogens is 430 g/mol. The predicted molar refractivity (Wildman–Crippen MR) is 113 cm³/mol. The number of nitrogens with zero attached hydrogens (tertiary/aromatic N) is 3. The van der Waals surface area contributed by atoms with Gasteiger partial charge < -0.3 is 15.0 Å². The van der Waals surface area contributed by atoms with E-state index in [1.54, 1.807) is 0 Å². The van der Waals surface area contributed by atoms with Crippen LogP contribution in [0.3, 0.4) is 0 Å². The van der Waals surface area contributed by atoms with E-state index in [1.165, 1.54) is 15.8 Å². The minimum atomic E-state index is -0.752. The summed E-state index contributed by atoms with van der Waals surface area (Å²) in [5.41, 5.74) is 0.132. The first kappa shape index (κ1) is 21.7. The van der Waals surface area contributed by atoms with Gasteiger partial charge in [-0.05, 0) is 37.3 Å². The molecule has 2 aromatic rings. The zero-order valence-corrected chi connectivity index (χ0v) is 17.6. The quantitative estimate of drug-likeness (QED) is 0.752. The number of anilines is 2. The molecule has 2 fully saturated rings. The maximum Gasteiger partial charge on any atom is 0.287 e. The van der Waals surface area contributed by atoms with Crippen LogP contribution in [-0.4, -0.2) is 42.0 Å². The molecule has 0 radical (unpaired) electrons. The summed E-state index contributed by atoms with van der Waals surface area (Å²) in [6.45, 7) is 2.29. The van der Waals surface area contributed by atoms with Crippen molar-refractivity contribution in [2.24, 2.45) is 5.92 Å². The highest BCUT2D eigenvalue weighted by molar-refractivity contribution is 6.32. The van der Waals surface area contributed by atoms with E-state index >= 15 is 0 Å². The smallest absolute Gasteiger partial charge is 0.287 e. The third kappa shape index (κ3) is 4.88. The number of amides is 1. The van der Waals surface area contributed by atoms with E-state index in [-0.39, 0.29) is 29.6 Å². The van der Waals surface area contributed by atoms with Crippen LogP contribution in [0.2, 0.25) is 5.02 Å². The molecule has 10 heteroatoms. The average molecular weight is 453 g/mol. The highest BCUT2D eigenvalue weighted by Crippen LogP contribution is 2.28. The van der Waals surface area contributed by atoms with E-state index in [9.17, 15) is 18.4 Å². The number of halogens is 3. The summed E-state index contributed by atoms with van der Waals surface area (Å²) in [5, 5.41) is 7.41. The summed E-state index contributed by atoms with van der Waals surface area (Å²) in [6.07, 6.45) is 3.93. The Bertz CT molecular complexity index is 1010. The molecule has 2 aliphatic heterocycles. The summed E-state index contributed by atoms with van der Waals surface area (Å²) in [5.74, 6) is -1.50. The van der Waals surface area contributed by atoms with Gasteiger partial charge in [-0.1, -0.05) is 11.6 Å². The van der Waals surface area contributed by atoms with Gasteiger partial charge in [-0.2, -0.15) is 5.10 Å². The lowest BCUT2D eigenvalue weighted by atomic mass is 10.0. The van der Waals surface area contributed by atoms with Gasteiger partial charge in [0.2, 0.25) is 5.91 Å². The molecule has 1 N–H and O–H groups in total. The van der Waals surface area contributed by atoms with Crippen LogP contribution in [0.4, 0.5) is 20.2 Å². The largest absolute Gasteiger partial charge is 0.382 e. The Morgan fingerprint density at radius 1 is 1.19 bits per heavy atom. The predicted octanol–water partition coefficient (Wildman–Crippen LogP) is 3.38. The van der Waals surface area contributed by atoms with Gasteiger partial charge in [0, 0.05) is 37.9 Å². The minimum absolute atomic E-state index is 0.0203. The Hall–Kier alpha value is -2.52. The molecule has 0 bridgehead atoms. The zero-order chi connectivity index (χ0) is 22.0. The number of hydrogen-bond donors (Lipinski definition) is 1. The van der Waals surface area contributed by atoms with Crippen LogP contribution in [0, 0.1) is 17.6 Å². The molecule has 1 amide bonds. The van der Waals surface area contributed by atoms with Crippen LogP contribution in [0.15, 0.2) is 29.2 Å². The third-order valence-electron chi connectivity index (χ3n) is 5.68. The monoisotopic (exact) mass is 452 g/mol. The Kier molecular flexibility index (Phi) is 6.52. The molecule has 2 atom stereocenters. The Labute approximate surface area is 182 Å². The average Bonchev–Trinajstić information content (AvgIpc) is 2.75. The molecule has 0 unspecified atom stereocenters. The molecule has 2 saturated heterocycles. The molecule has 0 spiro atoms. The lowest BCUT2D eigenvalue weighted by Gasteiger charge is -2.32. The normalized spacial score (nSPS) is 21.9. The number of hydrogen-bond acceptors (Lipinski definition) is 5. The summed E-state index contributed by atoms with van der Waals surface area (Å²) in [6, 6.07) is 2.50. The summed E-state index contributed by atoms with van der Waals surface area (Å²) >= 11 is 6.29. The van der Waals surface area contributed by atoms with Crippen molar-refractivity contribution >= 4 is 28.9 Å². The van der Waals surface area contributed by atoms with Gasteiger partial charge in [0.05, 0.1) is 24.5 Å². The maximum absolute atomic E-state index is 13.5. The van der Waals surface area contributed by atoms with Crippen molar-refractivity contribution in [1.29, 1.82) is 0 Å². The number of nitrogens with one attached hydrogen (secondary N) is 1. The highest BCUT2D eigenvalue weighted by Gasteiger charge is 2.30. The molecule has 2 aliphatic rings. The standard InChI is InChI=1S/C21H23ClF2N4O3/c22-20-18(25-10-13-2-1-5-31-12-13)11-26-28(21(20)30)16-3-4-27(19(29)9-16)17-7-14(23)6-15(24)8-17/h6-8,11,13,16,25H,1-5,9-10,12H2/t13-,16-/m1/s1. The topological polar surface area (TPSA) is 76.5 Å². The van der Waals surface area contributed by atoms with Gasteiger partial charge in [-0.25, -0.2) is 13.5 Å². The zero-order valence-electron chi connectivity index (χ0n) is 16.8. The fourth-order valence-electron chi connectivity index (χ4n) is 4.04. The lowest BCUT2D eigenvalue weighted by Crippen LogP contribution is -2.42. The molecule has 0 aliphatic carbocycles. The summed E-state index contributed by atoms with van der Waals surface area (Å²) in [4.78, 5) is 26.7. The van der Waals surface area contributed by atoms with Gasteiger partial charge in [-0.15, -0.1) is 0 Å². The minimum Gasteiger partial charge on any atom is -0.382 e. The van der Waals surface area contributed by atoms with Crippen LogP contribution in [0.1, 0.15) is 31.7 Å². The number of ether oxygens (including phenoxy) is 1. The number of aromatic nitrogens is 2. The van der Waals surface area contributed by atoms with Crippen molar-refractivity contribution in [3.63, 3.8) is 0 Å². The molecule has 1 aromatic carbocycles. The maximum atomic E-state index is 13.5. The lowest BCUT2D eigenvalue weighted by molar-refractivity contribution is -0.120. The SMILES string of the molecule is O=C1C[C@H](n2ncc(NC[C@H]3CCCOC3)c(Cl)c2=O)CCN1c1cc(F)cc(F)c1. The number of benzene rings is 1. The van der Waals surface area contributed by atoms with E-state index in [0.717, 1.165) is 37.6 Å². The van der Waals surface area contributed by atoms with E-state index in [0.29, 0.717) is 31.2 Å². The Morgan fingerprint density at radius 3 is 2.65 bits per heavy atom. The fourth-order valence-corrected chi connectivity index (χ4v) is 4.25. The molecule has 0 saturated carbocycles. The van der Waals surface area contributed by atoms with E-state index in [4.69, 9.17) is 16.3 Å². The second-order valence-corrected chi connectivity index (χ2v) is 8.28. The molecule has 1 aromatic heterocycles.